The van der Waals surface area contributed by atoms with Crippen molar-refractivity contribution in [3.8, 4) is 11.3 Å². The number of amides is 1. The lowest BCUT2D eigenvalue weighted by atomic mass is 9.73. The van der Waals surface area contributed by atoms with Crippen LogP contribution in [0.2, 0.25) is 5.15 Å². The number of ether oxygens (including phenoxy) is 1. The molecule has 4 heterocycles. The third-order valence-electron chi connectivity index (χ3n) is 9.34. The predicted molar refractivity (Wildman–Crippen MR) is 168 cm³/mol. The third-order valence-corrected chi connectivity index (χ3v) is 9.61. The minimum atomic E-state index is -4.74. The van der Waals surface area contributed by atoms with Gasteiger partial charge in [0.1, 0.15) is 34.1 Å². The molecule has 48 heavy (non-hydrogen) atoms. The summed E-state index contributed by atoms with van der Waals surface area (Å²) in [5.74, 6) is -2.22. The van der Waals surface area contributed by atoms with Gasteiger partial charge in [0.25, 0.3) is 5.91 Å². The second-order valence-electron chi connectivity index (χ2n) is 12.5. The molecule has 1 amide bonds. The normalized spacial score (nSPS) is 23.7. The van der Waals surface area contributed by atoms with Crippen molar-refractivity contribution >= 4 is 40.6 Å². The number of rotatable bonds is 6. The van der Waals surface area contributed by atoms with Gasteiger partial charge in [-0.1, -0.05) is 28.2 Å². The van der Waals surface area contributed by atoms with Crippen molar-refractivity contribution in [1.82, 2.24) is 24.3 Å². The Morgan fingerprint density at radius 2 is 1.83 bits per heavy atom. The van der Waals surface area contributed by atoms with Crippen LogP contribution in [0.1, 0.15) is 67.4 Å². The fraction of sp³-hybridized carbons (Fsp3) is 0.406. The summed E-state index contributed by atoms with van der Waals surface area (Å²) in [4.78, 5) is 39.6. The monoisotopic (exact) mass is 689 g/mol. The second kappa shape index (κ2) is 12.6. The van der Waals surface area contributed by atoms with E-state index < -0.39 is 46.1 Å². The van der Waals surface area contributed by atoms with Gasteiger partial charge in [-0.2, -0.15) is 13.2 Å². The number of imidazole rings is 1. The molecule has 254 valence electrons. The Bertz CT molecular complexity index is 1860. The summed E-state index contributed by atoms with van der Waals surface area (Å²) in [6.45, 7) is 4.72. The Morgan fingerprint density at radius 1 is 1.15 bits per heavy atom. The summed E-state index contributed by atoms with van der Waals surface area (Å²) < 4.78 is 62.2. The molecule has 1 aromatic carbocycles. The predicted octanol–water partition coefficient (Wildman–Crippen LogP) is 6.37. The van der Waals surface area contributed by atoms with E-state index in [0.29, 0.717) is 60.7 Å². The number of hydrogen-bond donors (Lipinski definition) is 2. The van der Waals surface area contributed by atoms with Crippen LogP contribution in [-0.2, 0) is 15.7 Å². The first-order chi connectivity index (χ1) is 22.7. The summed E-state index contributed by atoms with van der Waals surface area (Å²) in [5.41, 5.74) is 5.52. The number of anilines is 2. The molecule has 0 bridgehead atoms. The van der Waals surface area contributed by atoms with E-state index in [2.05, 4.69) is 21.8 Å². The van der Waals surface area contributed by atoms with Gasteiger partial charge in [0, 0.05) is 36.0 Å². The maximum atomic E-state index is 14.9. The van der Waals surface area contributed by atoms with Crippen LogP contribution >= 0.6 is 11.6 Å². The van der Waals surface area contributed by atoms with Gasteiger partial charge in [-0.15, -0.1) is 5.12 Å². The van der Waals surface area contributed by atoms with Crippen molar-refractivity contribution in [3.63, 3.8) is 0 Å². The molecule has 2 fully saturated rings. The average Bonchev–Trinajstić information content (AvgIpc) is 3.48. The molecule has 0 radical (unpaired) electrons. The molecule has 1 aliphatic heterocycles. The molecule has 0 unspecified atom stereocenters. The number of pyridine rings is 1. The van der Waals surface area contributed by atoms with Crippen LogP contribution in [0.25, 0.3) is 16.8 Å². The zero-order valence-corrected chi connectivity index (χ0v) is 26.7. The quantitative estimate of drug-likeness (QED) is 0.175. The van der Waals surface area contributed by atoms with Crippen LogP contribution in [0, 0.1) is 5.41 Å². The number of carbonyl (C=O) groups is 2. The lowest BCUT2D eigenvalue weighted by Crippen LogP contribution is -2.52. The fourth-order valence-electron chi connectivity index (χ4n) is 6.46. The molecule has 6 rings (SSSR count). The van der Waals surface area contributed by atoms with E-state index in [9.17, 15) is 32.3 Å². The molecule has 2 aliphatic rings. The number of morpholine rings is 1. The van der Waals surface area contributed by atoms with E-state index >= 15 is 0 Å². The van der Waals surface area contributed by atoms with Crippen molar-refractivity contribution in [2.45, 2.75) is 63.9 Å². The summed E-state index contributed by atoms with van der Waals surface area (Å²) >= 11 is 6.64. The van der Waals surface area contributed by atoms with Gasteiger partial charge in [-0.05, 0) is 63.8 Å². The summed E-state index contributed by atoms with van der Waals surface area (Å²) in [6.07, 6.45) is -0.499. The number of fused-ring (bicyclic) bond motifs is 1. The summed E-state index contributed by atoms with van der Waals surface area (Å²) in [7, 11) is 0. The maximum Gasteiger partial charge on any atom is 0.416 e. The number of halogens is 5. The highest BCUT2D eigenvalue weighted by molar-refractivity contribution is 6.30. The topological polar surface area (TPSA) is 139 Å². The molecule has 3 N–H and O–H groups in total. The minimum Gasteiger partial charge on any atom is -0.481 e. The Balaban J connectivity index is 1.28. The molecule has 16 heteroatoms. The first kappa shape index (κ1) is 33.6. The SMILES string of the molecule is C[C@H]1CO[C@@H](c2nc(-c3ccc(C(=O)N(F)c4cc(C(F)(F)F)ccn4)cc3)c3c(N)ncc(Cl)n23)CN1C1CCC(C)(C(=O)O)CC1. The maximum absolute atomic E-state index is 14.9. The highest BCUT2D eigenvalue weighted by atomic mass is 35.5. The van der Waals surface area contributed by atoms with Gasteiger partial charge in [0.2, 0.25) is 0 Å². The number of nitrogen functional groups attached to an aromatic ring is 1. The largest absolute Gasteiger partial charge is 0.481 e. The molecule has 0 spiro atoms. The number of alkyl halides is 3. The number of aromatic nitrogens is 4. The molecule has 1 aliphatic carbocycles. The number of hydrogen-bond acceptors (Lipinski definition) is 8. The van der Waals surface area contributed by atoms with Gasteiger partial charge >= 0.3 is 12.1 Å². The van der Waals surface area contributed by atoms with Gasteiger partial charge in [0.15, 0.2) is 5.82 Å². The van der Waals surface area contributed by atoms with Crippen LogP contribution in [-0.4, -0.2) is 66.5 Å². The highest BCUT2D eigenvalue weighted by Crippen LogP contribution is 2.41. The number of carboxylic acid groups (broad SMARTS) is 1. The van der Waals surface area contributed by atoms with Crippen LogP contribution in [0.4, 0.5) is 29.3 Å². The van der Waals surface area contributed by atoms with Crippen molar-refractivity contribution in [2.24, 2.45) is 5.41 Å². The molecule has 11 nitrogen and oxygen atoms in total. The molecular formula is C32H32ClF4N7O4. The van der Waals surface area contributed by atoms with Gasteiger partial charge in [-0.3, -0.25) is 18.9 Å². The Kier molecular flexibility index (Phi) is 8.81. The minimum absolute atomic E-state index is 0.0830. The van der Waals surface area contributed by atoms with Crippen LogP contribution < -0.4 is 10.9 Å². The molecule has 3 aromatic heterocycles. The Morgan fingerprint density at radius 3 is 2.48 bits per heavy atom. The Labute approximate surface area is 277 Å². The van der Waals surface area contributed by atoms with Crippen LogP contribution in [0.3, 0.4) is 0 Å². The van der Waals surface area contributed by atoms with Crippen molar-refractivity contribution < 1.29 is 37.1 Å². The molecular weight excluding hydrogens is 658 g/mol. The molecule has 2 atom stereocenters. The van der Waals surface area contributed by atoms with E-state index in [-0.39, 0.29) is 28.6 Å². The number of aliphatic carboxylic acids is 1. The zero-order chi connectivity index (χ0) is 34.5. The lowest BCUT2D eigenvalue weighted by Gasteiger charge is -2.46. The van der Waals surface area contributed by atoms with Gasteiger partial charge in [0.05, 0.1) is 23.8 Å². The standard InChI is InChI=1S/C32H32ClF4N7O4/c1-17-16-48-22(15-42(17)21-7-10-31(2,11-8-21)30(46)47)28-41-25(26-27(38)40-14-23(33)43(26)28)18-3-5-19(6-4-18)29(45)44(37)24-13-20(9-12-39-24)32(34,35)36/h3-6,9,12-14,17,21-22H,7-8,10-11,15-16H2,1-2H3,(H2,38,40)(H,46,47)/t17-,21?,22+,31?/m0/s1. The van der Waals surface area contributed by atoms with Crippen LogP contribution in [0.15, 0.2) is 48.8 Å². The number of nitrogens with two attached hydrogens (primary N) is 1. The van der Waals surface area contributed by atoms with Gasteiger partial charge in [-0.25, -0.2) is 15.0 Å². The van der Waals surface area contributed by atoms with Crippen molar-refractivity contribution in [2.75, 3.05) is 24.0 Å². The summed E-state index contributed by atoms with van der Waals surface area (Å²) in [6, 6.07) is 7.00. The first-order valence-electron chi connectivity index (χ1n) is 15.2. The zero-order valence-electron chi connectivity index (χ0n) is 25.9. The van der Waals surface area contributed by atoms with Crippen molar-refractivity contribution in [3.05, 3.63) is 70.9 Å². The van der Waals surface area contributed by atoms with Crippen LogP contribution in [0.5, 0.6) is 0 Å². The van der Waals surface area contributed by atoms with E-state index in [0.717, 1.165) is 19.0 Å². The smallest absolute Gasteiger partial charge is 0.416 e. The van der Waals surface area contributed by atoms with E-state index in [1.807, 2.05) is 0 Å². The number of carboxylic acids is 1. The number of nitrogens with zero attached hydrogens (tertiary/aromatic N) is 6. The fourth-order valence-corrected chi connectivity index (χ4v) is 6.68. The highest BCUT2D eigenvalue weighted by Gasteiger charge is 2.42. The third kappa shape index (κ3) is 6.17. The number of carbonyl (C=O) groups excluding carboxylic acids is 1. The van der Waals surface area contributed by atoms with E-state index in [4.69, 9.17) is 27.1 Å². The van der Waals surface area contributed by atoms with E-state index in [1.165, 1.54) is 30.5 Å². The molecule has 1 saturated heterocycles. The molecule has 1 saturated carbocycles. The molecule has 4 aromatic rings. The van der Waals surface area contributed by atoms with Crippen molar-refractivity contribution in [1.29, 1.82) is 0 Å². The lowest BCUT2D eigenvalue weighted by molar-refractivity contribution is -0.151. The number of benzene rings is 1. The Hall–Kier alpha value is -4.34. The first-order valence-corrected chi connectivity index (χ1v) is 15.6. The summed E-state index contributed by atoms with van der Waals surface area (Å²) in [5, 5.41) is 9.46. The van der Waals surface area contributed by atoms with Gasteiger partial charge < -0.3 is 15.6 Å². The van der Waals surface area contributed by atoms with E-state index in [1.54, 1.807) is 11.3 Å². The second-order valence-corrected chi connectivity index (χ2v) is 12.9. The average molecular weight is 690 g/mol.